The first-order chi connectivity index (χ1) is 7.74. The van der Waals surface area contributed by atoms with E-state index in [1.54, 1.807) is 6.92 Å². The Hall–Kier alpha value is -1.61. The van der Waals surface area contributed by atoms with E-state index in [-0.39, 0.29) is 6.10 Å². The molecule has 0 aliphatic rings. The number of aliphatic hydroxyl groups is 1. The molecule has 3 heteroatoms. The summed E-state index contributed by atoms with van der Waals surface area (Å²) in [6.45, 7) is 2.56. The minimum Gasteiger partial charge on any atom is -0.393 e. The van der Waals surface area contributed by atoms with Gasteiger partial charge in [-0.1, -0.05) is 30.3 Å². The van der Waals surface area contributed by atoms with E-state index in [0.717, 1.165) is 12.1 Å². The zero-order valence-corrected chi connectivity index (χ0v) is 9.37. The Balaban J connectivity index is 2.03. The summed E-state index contributed by atoms with van der Waals surface area (Å²) in [5.41, 5.74) is 2.31. The predicted molar refractivity (Wildman–Crippen MR) is 63.2 cm³/mol. The molecule has 2 rings (SSSR count). The second-order valence-electron chi connectivity index (χ2n) is 4.08. The molecule has 1 aromatic heterocycles. The molecule has 0 bridgehead atoms. The van der Waals surface area contributed by atoms with Crippen LogP contribution in [0.5, 0.6) is 0 Å². The lowest BCUT2D eigenvalue weighted by Gasteiger charge is -2.01. The molecule has 0 aliphatic heterocycles. The van der Waals surface area contributed by atoms with Crippen LogP contribution in [0.4, 0.5) is 0 Å². The van der Waals surface area contributed by atoms with Gasteiger partial charge in [0, 0.05) is 12.6 Å². The van der Waals surface area contributed by atoms with Crippen LogP contribution in [0, 0.1) is 0 Å². The van der Waals surface area contributed by atoms with Gasteiger partial charge in [0.15, 0.2) is 0 Å². The third-order valence-corrected chi connectivity index (χ3v) is 2.41. The number of aliphatic hydroxyl groups excluding tert-OH is 1. The summed E-state index contributed by atoms with van der Waals surface area (Å²) in [5.74, 6) is 0. The average molecular weight is 216 g/mol. The largest absolute Gasteiger partial charge is 0.393 e. The van der Waals surface area contributed by atoms with Crippen LogP contribution in [0.1, 0.15) is 18.1 Å². The molecule has 0 amide bonds. The van der Waals surface area contributed by atoms with E-state index in [0.29, 0.717) is 6.42 Å². The first-order valence-electron chi connectivity index (χ1n) is 5.47. The van der Waals surface area contributed by atoms with Crippen molar-refractivity contribution in [2.24, 2.45) is 0 Å². The van der Waals surface area contributed by atoms with Crippen LogP contribution >= 0.6 is 0 Å². The summed E-state index contributed by atoms with van der Waals surface area (Å²) in [6.07, 6.45) is 4.15. The van der Waals surface area contributed by atoms with E-state index in [1.165, 1.54) is 5.56 Å². The van der Waals surface area contributed by atoms with Crippen molar-refractivity contribution in [3.63, 3.8) is 0 Å². The molecule has 1 heterocycles. The van der Waals surface area contributed by atoms with E-state index in [4.69, 9.17) is 0 Å². The molecule has 1 unspecified atom stereocenters. The SMILES string of the molecule is CC(O)Cc1cnn(Cc2ccccc2)c1. The molecule has 0 radical (unpaired) electrons. The molecule has 1 atom stereocenters. The van der Waals surface area contributed by atoms with Crippen molar-refractivity contribution in [2.45, 2.75) is 26.0 Å². The Morgan fingerprint density at radius 2 is 2.00 bits per heavy atom. The lowest BCUT2D eigenvalue weighted by atomic mass is 10.2. The van der Waals surface area contributed by atoms with Crippen molar-refractivity contribution < 1.29 is 5.11 Å². The van der Waals surface area contributed by atoms with Crippen LogP contribution in [0.3, 0.4) is 0 Å². The maximum Gasteiger partial charge on any atom is 0.0659 e. The Morgan fingerprint density at radius 1 is 1.25 bits per heavy atom. The number of hydrogen-bond donors (Lipinski definition) is 1. The lowest BCUT2D eigenvalue weighted by molar-refractivity contribution is 0.195. The first kappa shape index (κ1) is 10.9. The van der Waals surface area contributed by atoms with E-state index in [1.807, 2.05) is 35.3 Å². The Morgan fingerprint density at radius 3 is 2.69 bits per heavy atom. The number of rotatable bonds is 4. The second-order valence-corrected chi connectivity index (χ2v) is 4.08. The van der Waals surface area contributed by atoms with Gasteiger partial charge in [0.1, 0.15) is 0 Å². The predicted octanol–water partition coefficient (Wildman–Crippen LogP) is 1.85. The van der Waals surface area contributed by atoms with E-state index in [9.17, 15) is 5.11 Å². The first-order valence-corrected chi connectivity index (χ1v) is 5.47. The molecule has 0 fully saturated rings. The van der Waals surface area contributed by atoms with Crippen LogP contribution in [-0.4, -0.2) is 21.0 Å². The van der Waals surface area contributed by atoms with Crippen molar-refractivity contribution >= 4 is 0 Å². The van der Waals surface area contributed by atoms with Gasteiger partial charge in [-0.3, -0.25) is 4.68 Å². The van der Waals surface area contributed by atoms with Gasteiger partial charge in [-0.15, -0.1) is 0 Å². The smallest absolute Gasteiger partial charge is 0.0659 e. The van der Waals surface area contributed by atoms with E-state index < -0.39 is 0 Å². The molecular formula is C13H16N2O. The van der Waals surface area contributed by atoms with Gasteiger partial charge in [-0.05, 0) is 18.1 Å². The third-order valence-electron chi connectivity index (χ3n) is 2.41. The highest BCUT2D eigenvalue weighted by Crippen LogP contribution is 2.05. The van der Waals surface area contributed by atoms with Crippen molar-refractivity contribution in [3.05, 3.63) is 53.9 Å². The molecule has 1 aromatic carbocycles. The molecule has 0 aliphatic carbocycles. The molecule has 0 saturated carbocycles. The minimum absolute atomic E-state index is 0.311. The van der Waals surface area contributed by atoms with Crippen molar-refractivity contribution in [2.75, 3.05) is 0 Å². The molecule has 2 aromatic rings. The van der Waals surface area contributed by atoms with E-state index in [2.05, 4.69) is 17.2 Å². The van der Waals surface area contributed by atoms with Crippen LogP contribution < -0.4 is 0 Å². The quantitative estimate of drug-likeness (QED) is 0.847. The highest BCUT2D eigenvalue weighted by atomic mass is 16.3. The second kappa shape index (κ2) is 4.94. The molecule has 1 N–H and O–H groups in total. The molecule has 84 valence electrons. The normalized spacial score (nSPS) is 12.6. The van der Waals surface area contributed by atoms with Gasteiger partial charge in [-0.2, -0.15) is 5.10 Å². The topological polar surface area (TPSA) is 38.1 Å². The Bertz CT molecular complexity index is 434. The molecule has 16 heavy (non-hydrogen) atoms. The monoisotopic (exact) mass is 216 g/mol. The molecular weight excluding hydrogens is 200 g/mol. The summed E-state index contributed by atoms with van der Waals surface area (Å²) in [7, 11) is 0. The average Bonchev–Trinajstić information content (AvgIpc) is 2.66. The fourth-order valence-electron chi connectivity index (χ4n) is 1.71. The maximum atomic E-state index is 9.27. The summed E-state index contributed by atoms with van der Waals surface area (Å²) < 4.78 is 1.90. The van der Waals surface area contributed by atoms with Gasteiger partial charge in [0.05, 0.1) is 18.8 Å². The lowest BCUT2D eigenvalue weighted by Crippen LogP contribution is -2.03. The van der Waals surface area contributed by atoms with Crippen LogP contribution in [0.2, 0.25) is 0 Å². The number of benzene rings is 1. The fraction of sp³-hybridized carbons (Fsp3) is 0.308. The number of hydrogen-bond acceptors (Lipinski definition) is 2. The zero-order chi connectivity index (χ0) is 11.4. The Labute approximate surface area is 95.3 Å². The van der Waals surface area contributed by atoms with Crippen LogP contribution in [0.25, 0.3) is 0 Å². The molecule has 0 saturated heterocycles. The number of aromatic nitrogens is 2. The van der Waals surface area contributed by atoms with Gasteiger partial charge in [0.25, 0.3) is 0 Å². The van der Waals surface area contributed by atoms with Gasteiger partial charge in [0.2, 0.25) is 0 Å². The summed E-state index contributed by atoms with van der Waals surface area (Å²) in [4.78, 5) is 0. The fourth-order valence-corrected chi connectivity index (χ4v) is 1.71. The third kappa shape index (κ3) is 2.94. The molecule has 3 nitrogen and oxygen atoms in total. The van der Waals surface area contributed by atoms with Crippen LogP contribution in [0.15, 0.2) is 42.7 Å². The van der Waals surface area contributed by atoms with E-state index >= 15 is 0 Å². The number of nitrogens with zero attached hydrogens (tertiary/aromatic N) is 2. The summed E-state index contributed by atoms with van der Waals surface area (Å²) >= 11 is 0. The van der Waals surface area contributed by atoms with Gasteiger partial charge >= 0.3 is 0 Å². The molecule has 0 spiro atoms. The van der Waals surface area contributed by atoms with Gasteiger partial charge < -0.3 is 5.11 Å². The van der Waals surface area contributed by atoms with Crippen molar-refractivity contribution in [1.82, 2.24) is 9.78 Å². The zero-order valence-electron chi connectivity index (χ0n) is 9.37. The minimum atomic E-state index is -0.311. The highest BCUT2D eigenvalue weighted by Gasteiger charge is 2.02. The summed E-state index contributed by atoms with van der Waals surface area (Å²) in [5, 5.41) is 13.5. The van der Waals surface area contributed by atoms with Crippen LogP contribution in [-0.2, 0) is 13.0 Å². The highest BCUT2D eigenvalue weighted by molar-refractivity contribution is 5.15. The van der Waals surface area contributed by atoms with Gasteiger partial charge in [-0.25, -0.2) is 0 Å². The maximum absolute atomic E-state index is 9.27. The van der Waals surface area contributed by atoms with Crippen molar-refractivity contribution in [1.29, 1.82) is 0 Å². The summed E-state index contributed by atoms with van der Waals surface area (Å²) in [6, 6.07) is 10.2. The standard InChI is InChI=1S/C13H16N2O/c1-11(16)7-13-8-14-15(10-13)9-12-5-3-2-4-6-12/h2-6,8,10-11,16H,7,9H2,1H3. The Kier molecular flexibility index (Phi) is 3.37. The van der Waals surface area contributed by atoms with Crippen molar-refractivity contribution in [3.8, 4) is 0 Å².